The lowest BCUT2D eigenvalue weighted by molar-refractivity contribution is 0.182. The summed E-state index contributed by atoms with van der Waals surface area (Å²) in [6.45, 7) is 15.8. The van der Waals surface area contributed by atoms with Gasteiger partial charge in [0.2, 0.25) is 0 Å². The number of aromatic nitrogens is 4. The van der Waals surface area contributed by atoms with Gasteiger partial charge in [-0.15, -0.1) is 13.0 Å². The monoisotopic (exact) mass is 691 g/mol. The number of nitrogens with zero attached hydrogens (tertiary/aromatic N) is 5. The Morgan fingerprint density at radius 2 is 1.86 bits per heavy atom. The summed E-state index contributed by atoms with van der Waals surface area (Å²) in [4.78, 5) is 12.0. The second-order valence-corrected chi connectivity index (χ2v) is 14.8. The van der Waals surface area contributed by atoms with Gasteiger partial charge in [0.25, 0.3) is 0 Å². The van der Waals surface area contributed by atoms with Gasteiger partial charge in [-0.2, -0.15) is 5.10 Å². The number of nitrogen functional groups attached to an aromatic ring is 1. The van der Waals surface area contributed by atoms with Crippen LogP contribution >= 0.6 is 0 Å². The summed E-state index contributed by atoms with van der Waals surface area (Å²) in [7, 11) is 1.77. The molecule has 2 aromatic heterocycles. The summed E-state index contributed by atoms with van der Waals surface area (Å²) in [5.74, 6) is 2.97. The van der Waals surface area contributed by atoms with Crippen LogP contribution in [0.25, 0.3) is 43.7 Å². The van der Waals surface area contributed by atoms with Crippen molar-refractivity contribution in [2.45, 2.75) is 90.6 Å². The molecular formula is C42H51F2N7. The molecule has 2 aliphatic heterocycles. The maximum Gasteiger partial charge on any atom is 0.159 e. The zero-order valence-corrected chi connectivity index (χ0v) is 30.8. The highest BCUT2D eigenvalue weighted by molar-refractivity contribution is 6.17. The number of anilines is 1. The molecular weight excluding hydrogens is 641 g/mol. The van der Waals surface area contributed by atoms with E-state index in [0.29, 0.717) is 45.5 Å². The number of terminal acetylenes is 1. The van der Waals surface area contributed by atoms with Crippen molar-refractivity contribution in [1.82, 2.24) is 30.0 Å². The summed E-state index contributed by atoms with van der Waals surface area (Å²) < 4.78 is 33.4. The zero-order valence-electron chi connectivity index (χ0n) is 30.8. The van der Waals surface area contributed by atoms with E-state index < -0.39 is 11.6 Å². The molecule has 2 fully saturated rings. The van der Waals surface area contributed by atoms with Gasteiger partial charge in [0, 0.05) is 47.6 Å². The molecule has 0 saturated carbocycles. The van der Waals surface area contributed by atoms with Gasteiger partial charge in [0.1, 0.15) is 28.5 Å². The first kappa shape index (κ1) is 36.4. The third kappa shape index (κ3) is 7.09. The molecule has 2 saturated heterocycles. The largest absolute Gasteiger partial charge is 0.383 e. The predicted octanol–water partition coefficient (Wildman–Crippen LogP) is 8.63. The quantitative estimate of drug-likeness (QED) is 0.113. The van der Waals surface area contributed by atoms with Crippen LogP contribution in [0.4, 0.5) is 14.6 Å². The van der Waals surface area contributed by atoms with Crippen LogP contribution in [0, 0.1) is 36.8 Å². The second-order valence-electron chi connectivity index (χ2n) is 14.8. The maximum absolute atomic E-state index is 16.9. The van der Waals surface area contributed by atoms with Crippen LogP contribution in [0.2, 0.25) is 0 Å². The summed E-state index contributed by atoms with van der Waals surface area (Å²) >= 11 is 0. The highest BCUT2D eigenvalue weighted by Crippen LogP contribution is 2.44. The van der Waals surface area contributed by atoms with Crippen molar-refractivity contribution >= 4 is 38.4 Å². The van der Waals surface area contributed by atoms with Crippen LogP contribution in [-0.2, 0) is 13.5 Å². The Labute approximate surface area is 300 Å². The van der Waals surface area contributed by atoms with Crippen LogP contribution in [-0.4, -0.2) is 55.9 Å². The molecule has 51 heavy (non-hydrogen) atoms. The van der Waals surface area contributed by atoms with Gasteiger partial charge in [-0.1, -0.05) is 51.0 Å². The molecule has 7 rings (SSSR count). The van der Waals surface area contributed by atoms with E-state index in [0.717, 1.165) is 49.3 Å². The molecule has 0 bridgehead atoms. The van der Waals surface area contributed by atoms with Crippen LogP contribution < -0.4 is 11.1 Å². The summed E-state index contributed by atoms with van der Waals surface area (Å²) in [5.41, 5.74) is 8.97. The summed E-state index contributed by atoms with van der Waals surface area (Å²) in [6.07, 6.45) is 18.3. The van der Waals surface area contributed by atoms with Crippen LogP contribution in [0.1, 0.15) is 82.7 Å². The number of hydrogen-bond donors (Lipinski definition) is 2. The fourth-order valence-electron chi connectivity index (χ4n) is 8.25. The van der Waals surface area contributed by atoms with E-state index in [1.807, 2.05) is 25.1 Å². The molecule has 3 aromatic carbocycles. The van der Waals surface area contributed by atoms with E-state index in [-0.39, 0.29) is 28.0 Å². The fraction of sp³-hybridized carbons (Fsp3) is 0.452. The van der Waals surface area contributed by atoms with Gasteiger partial charge in [0.15, 0.2) is 5.82 Å². The molecule has 1 unspecified atom stereocenters. The van der Waals surface area contributed by atoms with E-state index >= 15 is 4.39 Å². The van der Waals surface area contributed by atoms with Crippen molar-refractivity contribution in [2.75, 3.05) is 25.4 Å². The number of hydrogen-bond acceptors (Lipinski definition) is 6. The van der Waals surface area contributed by atoms with Crippen molar-refractivity contribution < 1.29 is 8.78 Å². The van der Waals surface area contributed by atoms with Gasteiger partial charge in [-0.3, -0.25) is 9.58 Å². The molecule has 0 aliphatic carbocycles. The number of benzene rings is 3. The minimum Gasteiger partial charge on any atom is -0.383 e. The first-order valence-corrected chi connectivity index (χ1v) is 18.4. The molecule has 2 aliphatic rings. The molecule has 0 amide bonds. The highest BCUT2D eigenvalue weighted by atomic mass is 19.1. The third-order valence-electron chi connectivity index (χ3n) is 10.8. The molecule has 4 heterocycles. The molecule has 5 aromatic rings. The Morgan fingerprint density at radius 1 is 1.12 bits per heavy atom. The normalized spacial score (nSPS) is 16.1. The first-order valence-electron chi connectivity index (χ1n) is 18.4. The molecule has 3 N–H and O–H groups in total. The average Bonchev–Trinajstić information content (AvgIpc) is 3.80. The Morgan fingerprint density at radius 3 is 2.53 bits per heavy atom. The van der Waals surface area contributed by atoms with E-state index in [1.165, 1.54) is 38.2 Å². The van der Waals surface area contributed by atoms with Crippen LogP contribution in [0.3, 0.4) is 0 Å². The maximum atomic E-state index is 16.9. The molecule has 1 atom stereocenters. The summed E-state index contributed by atoms with van der Waals surface area (Å²) in [6, 6.07) is 7.28. The number of fused-ring (bicyclic) bond motifs is 5. The lowest BCUT2D eigenvalue weighted by atomic mass is 9.88. The van der Waals surface area contributed by atoms with Crippen molar-refractivity contribution in [3.63, 3.8) is 0 Å². The van der Waals surface area contributed by atoms with Gasteiger partial charge < -0.3 is 11.1 Å². The van der Waals surface area contributed by atoms with Crippen molar-refractivity contribution in [1.29, 1.82) is 0 Å². The van der Waals surface area contributed by atoms with Crippen molar-refractivity contribution in [3.8, 4) is 23.5 Å². The summed E-state index contributed by atoms with van der Waals surface area (Å²) in [5, 5.41) is 10.3. The van der Waals surface area contributed by atoms with E-state index in [1.54, 1.807) is 24.0 Å². The Kier molecular flexibility index (Phi) is 10.8. The minimum absolute atomic E-state index is 0.0934. The van der Waals surface area contributed by atoms with Crippen LogP contribution in [0.5, 0.6) is 0 Å². The number of halogens is 2. The second kappa shape index (κ2) is 15.1. The topological polar surface area (TPSA) is 84.9 Å². The lowest BCUT2D eigenvalue weighted by Crippen LogP contribution is -2.38. The molecule has 0 spiro atoms. The Balaban J connectivity index is 0.000000355. The van der Waals surface area contributed by atoms with Crippen molar-refractivity contribution in [2.24, 2.45) is 13.0 Å². The fourth-order valence-corrected chi connectivity index (χ4v) is 8.25. The number of nitrogens with two attached hydrogens (primary N) is 1. The average molecular weight is 692 g/mol. The van der Waals surface area contributed by atoms with Gasteiger partial charge >= 0.3 is 0 Å². The van der Waals surface area contributed by atoms with Gasteiger partial charge in [-0.25, -0.2) is 18.7 Å². The third-order valence-corrected chi connectivity index (χ3v) is 10.8. The zero-order chi connectivity index (χ0) is 36.4. The SMILES string of the molecule is C#Cc1c(F)ccc2cc(C)cc(-c3c(F)c4nc(CCC56CCCN5CCC6)nc(N)c4c4cn(C)nc34)c12.C=CC(CC)NCCC(C)C. The van der Waals surface area contributed by atoms with E-state index in [9.17, 15) is 4.39 Å². The van der Waals surface area contributed by atoms with Crippen molar-refractivity contribution in [3.05, 3.63) is 71.7 Å². The van der Waals surface area contributed by atoms with E-state index in [2.05, 4.69) is 53.6 Å². The first-order chi connectivity index (χ1) is 24.5. The van der Waals surface area contributed by atoms with Crippen LogP contribution in [0.15, 0.2) is 43.1 Å². The minimum atomic E-state index is -0.558. The lowest BCUT2D eigenvalue weighted by Gasteiger charge is -2.32. The number of nitrogens with one attached hydrogen (secondary N) is 1. The van der Waals surface area contributed by atoms with E-state index in [4.69, 9.17) is 17.1 Å². The Hall–Kier alpha value is -4.39. The molecule has 268 valence electrons. The standard InChI is InChI=1S/C32H30F2N6.C10H21N/c1-4-20-23(33)8-7-19-15-18(2)16-21(25(19)20)26-28(34)30-27(22-17-39(3)38-29(22)26)31(35)37-24(36-30)9-12-32-10-5-13-40(32)14-6-11-32;1-5-10(6-2)11-8-7-9(3)4/h1,7-8,15-17H,5-6,9-14H2,2-3H3,(H2,35,36,37);5,9-11H,1,6-8H2,2-4H3. The molecule has 0 radical (unpaired) electrons. The van der Waals surface area contributed by atoms with Gasteiger partial charge in [-0.05, 0) is 100 Å². The smallest absolute Gasteiger partial charge is 0.159 e. The predicted molar refractivity (Wildman–Crippen MR) is 207 cm³/mol. The van der Waals surface area contributed by atoms with Gasteiger partial charge in [0.05, 0.1) is 10.9 Å². The molecule has 9 heteroatoms. The number of rotatable bonds is 10. The highest BCUT2D eigenvalue weighted by Gasteiger charge is 2.43. The number of aryl methyl sites for hydroxylation is 3. The molecule has 7 nitrogen and oxygen atoms in total. The Bertz CT molecular complexity index is 2120.